The molecule has 88 valence electrons. The first-order valence-corrected chi connectivity index (χ1v) is 6.65. The summed E-state index contributed by atoms with van der Waals surface area (Å²) < 4.78 is 0. The van der Waals surface area contributed by atoms with Crippen molar-refractivity contribution in [1.29, 1.82) is 0 Å². The third kappa shape index (κ3) is 1.94. The predicted molar refractivity (Wildman–Crippen MR) is 62.9 cm³/mol. The molecule has 2 rings (SSSR count). The van der Waals surface area contributed by atoms with Gasteiger partial charge in [-0.15, -0.1) is 0 Å². The van der Waals surface area contributed by atoms with Crippen molar-refractivity contribution in [3.63, 3.8) is 0 Å². The van der Waals surface area contributed by atoms with E-state index >= 15 is 0 Å². The van der Waals surface area contributed by atoms with Crippen molar-refractivity contribution < 1.29 is 5.11 Å². The SMILES string of the molecule is CCCC(C)C1(O)CCN2CCCCC21. The average Bonchev–Trinajstić information content (AvgIpc) is 2.59. The van der Waals surface area contributed by atoms with E-state index < -0.39 is 0 Å². The van der Waals surface area contributed by atoms with Gasteiger partial charge in [-0.05, 0) is 38.1 Å². The highest BCUT2D eigenvalue weighted by Gasteiger charge is 2.49. The Kier molecular flexibility index (Phi) is 3.36. The molecule has 3 atom stereocenters. The molecule has 1 N–H and O–H groups in total. The average molecular weight is 211 g/mol. The van der Waals surface area contributed by atoms with Crippen LogP contribution in [-0.4, -0.2) is 34.7 Å². The van der Waals surface area contributed by atoms with Crippen LogP contribution in [-0.2, 0) is 0 Å². The highest BCUT2D eigenvalue weighted by atomic mass is 16.3. The van der Waals surface area contributed by atoms with E-state index in [0.29, 0.717) is 12.0 Å². The molecule has 3 unspecified atom stereocenters. The minimum atomic E-state index is -0.379. The van der Waals surface area contributed by atoms with Gasteiger partial charge in [0.25, 0.3) is 0 Å². The van der Waals surface area contributed by atoms with Crippen molar-refractivity contribution in [2.45, 2.75) is 64.0 Å². The maximum Gasteiger partial charge on any atom is 0.0839 e. The van der Waals surface area contributed by atoms with Crippen LogP contribution < -0.4 is 0 Å². The van der Waals surface area contributed by atoms with E-state index in [1.807, 2.05) is 0 Å². The van der Waals surface area contributed by atoms with Crippen LogP contribution in [0, 0.1) is 5.92 Å². The molecule has 2 aliphatic heterocycles. The van der Waals surface area contributed by atoms with Gasteiger partial charge in [-0.25, -0.2) is 0 Å². The Hall–Kier alpha value is -0.0800. The van der Waals surface area contributed by atoms with Crippen molar-refractivity contribution in [1.82, 2.24) is 4.90 Å². The summed E-state index contributed by atoms with van der Waals surface area (Å²) >= 11 is 0. The summed E-state index contributed by atoms with van der Waals surface area (Å²) in [6.45, 7) is 6.79. The molecule has 2 nitrogen and oxygen atoms in total. The normalized spacial score (nSPS) is 39.0. The topological polar surface area (TPSA) is 23.5 Å². The van der Waals surface area contributed by atoms with E-state index in [2.05, 4.69) is 18.7 Å². The van der Waals surface area contributed by atoms with Crippen LogP contribution >= 0.6 is 0 Å². The summed E-state index contributed by atoms with van der Waals surface area (Å²) in [6.07, 6.45) is 7.21. The highest BCUT2D eigenvalue weighted by Crippen LogP contribution is 2.41. The van der Waals surface area contributed by atoms with Crippen LogP contribution in [0.4, 0.5) is 0 Å². The third-order valence-electron chi connectivity index (χ3n) is 4.57. The fourth-order valence-corrected chi connectivity index (χ4v) is 3.57. The van der Waals surface area contributed by atoms with Crippen molar-refractivity contribution in [3.8, 4) is 0 Å². The molecule has 2 fully saturated rings. The van der Waals surface area contributed by atoms with Crippen LogP contribution in [0.3, 0.4) is 0 Å². The number of piperidine rings is 1. The maximum atomic E-state index is 10.8. The number of fused-ring (bicyclic) bond motifs is 1. The van der Waals surface area contributed by atoms with Gasteiger partial charge in [0.15, 0.2) is 0 Å². The molecular weight excluding hydrogens is 186 g/mol. The molecule has 0 aromatic heterocycles. The Morgan fingerprint density at radius 1 is 1.40 bits per heavy atom. The Balaban J connectivity index is 2.07. The molecule has 0 saturated carbocycles. The van der Waals surface area contributed by atoms with Gasteiger partial charge in [-0.1, -0.05) is 26.7 Å². The van der Waals surface area contributed by atoms with E-state index in [1.54, 1.807) is 0 Å². The zero-order chi connectivity index (χ0) is 10.9. The van der Waals surface area contributed by atoms with E-state index in [1.165, 1.54) is 38.6 Å². The zero-order valence-corrected chi connectivity index (χ0v) is 10.2. The van der Waals surface area contributed by atoms with Crippen LogP contribution in [0.15, 0.2) is 0 Å². The Morgan fingerprint density at radius 2 is 2.20 bits per heavy atom. The van der Waals surface area contributed by atoms with Crippen molar-refractivity contribution in [2.75, 3.05) is 13.1 Å². The fourth-order valence-electron chi connectivity index (χ4n) is 3.57. The van der Waals surface area contributed by atoms with Gasteiger partial charge in [0.2, 0.25) is 0 Å². The predicted octanol–water partition coefficient (Wildman–Crippen LogP) is 2.41. The van der Waals surface area contributed by atoms with Crippen molar-refractivity contribution in [2.24, 2.45) is 5.92 Å². The van der Waals surface area contributed by atoms with E-state index in [4.69, 9.17) is 0 Å². The quantitative estimate of drug-likeness (QED) is 0.775. The molecule has 2 saturated heterocycles. The van der Waals surface area contributed by atoms with Gasteiger partial charge >= 0.3 is 0 Å². The van der Waals surface area contributed by atoms with Crippen molar-refractivity contribution in [3.05, 3.63) is 0 Å². The van der Waals surface area contributed by atoms with Crippen LogP contribution in [0.25, 0.3) is 0 Å². The molecular formula is C13H25NO. The molecule has 0 radical (unpaired) electrons. The molecule has 2 aliphatic rings. The minimum absolute atomic E-state index is 0.379. The monoisotopic (exact) mass is 211 g/mol. The molecule has 0 aromatic rings. The largest absolute Gasteiger partial charge is 0.388 e. The van der Waals surface area contributed by atoms with Crippen molar-refractivity contribution >= 4 is 0 Å². The van der Waals surface area contributed by atoms with Gasteiger partial charge < -0.3 is 5.11 Å². The first-order valence-electron chi connectivity index (χ1n) is 6.65. The van der Waals surface area contributed by atoms with E-state index in [0.717, 1.165) is 13.0 Å². The molecule has 0 aromatic carbocycles. The van der Waals surface area contributed by atoms with Gasteiger partial charge in [-0.2, -0.15) is 0 Å². The number of hydrogen-bond donors (Lipinski definition) is 1. The minimum Gasteiger partial charge on any atom is -0.388 e. The summed E-state index contributed by atoms with van der Waals surface area (Å²) in [5.41, 5.74) is -0.379. The molecule has 0 spiro atoms. The lowest BCUT2D eigenvalue weighted by atomic mass is 9.77. The van der Waals surface area contributed by atoms with Gasteiger partial charge in [0.05, 0.1) is 5.60 Å². The smallest absolute Gasteiger partial charge is 0.0839 e. The maximum absolute atomic E-state index is 10.8. The number of hydrogen-bond acceptors (Lipinski definition) is 2. The summed E-state index contributed by atoms with van der Waals surface area (Å²) in [7, 11) is 0. The van der Waals surface area contributed by atoms with Gasteiger partial charge in [0, 0.05) is 12.6 Å². The lowest BCUT2D eigenvalue weighted by Crippen LogP contribution is -2.50. The zero-order valence-electron chi connectivity index (χ0n) is 10.2. The summed E-state index contributed by atoms with van der Waals surface area (Å²) in [6, 6.07) is 0.466. The number of rotatable bonds is 3. The first-order chi connectivity index (χ1) is 7.18. The lowest BCUT2D eigenvalue weighted by Gasteiger charge is -2.40. The standard InChI is InChI=1S/C13H25NO/c1-3-6-11(2)13(15)8-10-14-9-5-4-7-12(13)14/h11-12,15H,3-10H2,1-2H3. The van der Waals surface area contributed by atoms with Crippen LogP contribution in [0.1, 0.15) is 52.4 Å². The molecule has 0 amide bonds. The number of aliphatic hydroxyl groups is 1. The highest BCUT2D eigenvalue weighted by molar-refractivity contribution is 5.03. The molecule has 2 heteroatoms. The molecule has 0 aliphatic carbocycles. The second kappa shape index (κ2) is 4.42. The Labute approximate surface area is 93.7 Å². The van der Waals surface area contributed by atoms with E-state index in [-0.39, 0.29) is 5.60 Å². The summed E-state index contributed by atoms with van der Waals surface area (Å²) in [5.74, 6) is 0.468. The molecule has 0 bridgehead atoms. The molecule has 2 heterocycles. The van der Waals surface area contributed by atoms with Gasteiger partial charge in [0.1, 0.15) is 0 Å². The summed E-state index contributed by atoms with van der Waals surface area (Å²) in [4.78, 5) is 2.52. The summed E-state index contributed by atoms with van der Waals surface area (Å²) in [5, 5.41) is 10.8. The Bertz CT molecular complexity index is 219. The second-order valence-electron chi connectivity index (χ2n) is 5.48. The van der Waals surface area contributed by atoms with E-state index in [9.17, 15) is 5.11 Å². The fraction of sp³-hybridized carbons (Fsp3) is 1.00. The van der Waals surface area contributed by atoms with Crippen LogP contribution in [0.5, 0.6) is 0 Å². The first kappa shape index (κ1) is 11.4. The van der Waals surface area contributed by atoms with Crippen LogP contribution in [0.2, 0.25) is 0 Å². The number of nitrogens with zero attached hydrogens (tertiary/aromatic N) is 1. The van der Waals surface area contributed by atoms with Gasteiger partial charge in [-0.3, -0.25) is 4.90 Å². The Morgan fingerprint density at radius 3 is 2.93 bits per heavy atom. The molecule has 15 heavy (non-hydrogen) atoms. The third-order valence-corrected chi connectivity index (χ3v) is 4.57. The lowest BCUT2D eigenvalue weighted by molar-refractivity contribution is -0.0535. The second-order valence-corrected chi connectivity index (χ2v) is 5.48.